The van der Waals surface area contributed by atoms with E-state index in [1.807, 2.05) is 24.4 Å². The van der Waals surface area contributed by atoms with Crippen LogP contribution in [0.2, 0.25) is 0 Å². The van der Waals surface area contributed by atoms with Crippen molar-refractivity contribution in [2.75, 3.05) is 14.2 Å². The molecule has 2 unspecified atom stereocenters. The summed E-state index contributed by atoms with van der Waals surface area (Å²) in [5.74, 6) is -0.764. The van der Waals surface area contributed by atoms with Gasteiger partial charge in [0.15, 0.2) is 0 Å². The Kier molecular flexibility index (Phi) is 6.68. The van der Waals surface area contributed by atoms with E-state index in [0.29, 0.717) is 17.7 Å². The Bertz CT molecular complexity index is 1100. The second-order valence-corrected chi connectivity index (χ2v) is 8.24. The molecule has 2 aromatic carbocycles. The predicted molar refractivity (Wildman–Crippen MR) is 120 cm³/mol. The predicted octanol–water partition coefficient (Wildman–Crippen LogP) is 5.01. The summed E-state index contributed by atoms with van der Waals surface area (Å²) in [6.45, 7) is 6.01. The number of methoxy groups -OCH3 is 2. The zero-order valence-corrected chi connectivity index (χ0v) is 18.6. The van der Waals surface area contributed by atoms with Gasteiger partial charge in [-0.05, 0) is 47.7 Å². The van der Waals surface area contributed by atoms with Gasteiger partial charge in [0, 0.05) is 28.6 Å². The van der Waals surface area contributed by atoms with Crippen molar-refractivity contribution in [3.05, 3.63) is 64.8 Å². The lowest BCUT2D eigenvalue weighted by atomic mass is 9.81. The number of carbonyl (C=O) groups excluding carboxylic acids is 1. The van der Waals surface area contributed by atoms with E-state index in [0.717, 1.165) is 27.6 Å². The smallest absolute Gasteiger partial charge is 0.337 e. The second-order valence-electron chi connectivity index (χ2n) is 8.24. The Morgan fingerprint density at radius 2 is 1.77 bits per heavy atom. The average molecular weight is 424 g/mol. The lowest BCUT2D eigenvalue weighted by molar-refractivity contribution is -0.141. The number of nitrogens with one attached hydrogen (secondary N) is 1. The summed E-state index contributed by atoms with van der Waals surface area (Å²) in [5.41, 5.74) is 4.51. The molecule has 0 saturated carbocycles. The Labute approximate surface area is 182 Å². The Hall–Kier alpha value is -3.28. The monoisotopic (exact) mass is 423 g/mol. The van der Waals surface area contributed by atoms with Crippen LogP contribution >= 0.6 is 0 Å². The van der Waals surface area contributed by atoms with Gasteiger partial charge in [-0.1, -0.05) is 32.9 Å². The first-order chi connectivity index (χ1) is 14.8. The van der Waals surface area contributed by atoms with Crippen LogP contribution in [0.1, 0.15) is 53.7 Å². The van der Waals surface area contributed by atoms with E-state index in [9.17, 15) is 14.7 Å². The Morgan fingerprint density at radius 3 is 2.39 bits per heavy atom. The third-order valence-corrected chi connectivity index (χ3v) is 5.73. The van der Waals surface area contributed by atoms with Crippen LogP contribution in [0.25, 0.3) is 10.9 Å². The van der Waals surface area contributed by atoms with Crippen molar-refractivity contribution in [2.24, 2.45) is 11.8 Å². The fraction of sp³-hybridized carbons (Fsp3) is 0.360. The van der Waals surface area contributed by atoms with Crippen molar-refractivity contribution in [3.8, 4) is 5.75 Å². The number of benzene rings is 2. The second kappa shape index (κ2) is 9.25. The zero-order chi connectivity index (χ0) is 22.7. The molecule has 3 aromatic rings. The summed E-state index contributed by atoms with van der Waals surface area (Å²) < 4.78 is 10.5. The first kappa shape index (κ1) is 22.4. The molecule has 0 saturated heterocycles. The third-order valence-electron chi connectivity index (χ3n) is 5.73. The van der Waals surface area contributed by atoms with Crippen molar-refractivity contribution >= 4 is 22.8 Å². The molecule has 1 aromatic heterocycles. The summed E-state index contributed by atoms with van der Waals surface area (Å²) in [4.78, 5) is 26.6. The number of ether oxygens (including phenoxy) is 2. The highest BCUT2D eigenvalue weighted by Crippen LogP contribution is 2.41. The minimum Gasteiger partial charge on any atom is -0.496 e. The van der Waals surface area contributed by atoms with Crippen molar-refractivity contribution in [1.29, 1.82) is 0 Å². The van der Waals surface area contributed by atoms with Crippen molar-refractivity contribution in [3.63, 3.8) is 0 Å². The molecular weight excluding hydrogens is 394 g/mol. The van der Waals surface area contributed by atoms with Gasteiger partial charge in [0.1, 0.15) is 5.75 Å². The van der Waals surface area contributed by atoms with Crippen molar-refractivity contribution < 1.29 is 24.2 Å². The highest BCUT2D eigenvalue weighted by atomic mass is 16.5. The minimum atomic E-state index is -0.801. The lowest BCUT2D eigenvalue weighted by Crippen LogP contribution is -2.12. The van der Waals surface area contributed by atoms with Crippen LogP contribution in [-0.4, -0.2) is 36.2 Å². The van der Waals surface area contributed by atoms with Gasteiger partial charge in [-0.25, -0.2) is 4.79 Å². The number of carbonyl (C=O) groups is 2. The number of carboxylic acid groups (broad SMARTS) is 1. The van der Waals surface area contributed by atoms with E-state index in [2.05, 4.69) is 24.9 Å². The number of aliphatic carboxylic acids is 1. The first-order valence-corrected chi connectivity index (χ1v) is 10.4. The maximum atomic E-state index is 11.9. The Morgan fingerprint density at radius 1 is 1.03 bits per heavy atom. The van der Waals surface area contributed by atoms with Crippen molar-refractivity contribution in [1.82, 2.24) is 4.98 Å². The van der Waals surface area contributed by atoms with Crippen LogP contribution < -0.4 is 4.74 Å². The van der Waals surface area contributed by atoms with Gasteiger partial charge in [-0.2, -0.15) is 0 Å². The minimum absolute atomic E-state index is 0.0162. The van der Waals surface area contributed by atoms with Gasteiger partial charge >= 0.3 is 11.9 Å². The number of aromatic nitrogens is 1. The average Bonchev–Trinajstić information content (AvgIpc) is 3.16. The fourth-order valence-electron chi connectivity index (χ4n) is 4.11. The summed E-state index contributed by atoms with van der Waals surface area (Å²) in [5, 5.41) is 10.3. The number of carboxylic acids is 1. The number of fused-ring (bicyclic) bond motifs is 1. The molecule has 31 heavy (non-hydrogen) atoms. The molecule has 3 rings (SSSR count). The molecule has 6 heteroatoms. The van der Waals surface area contributed by atoms with Gasteiger partial charge in [0.2, 0.25) is 0 Å². The van der Waals surface area contributed by atoms with E-state index in [-0.39, 0.29) is 11.8 Å². The molecule has 0 fully saturated rings. The first-order valence-electron chi connectivity index (χ1n) is 10.4. The number of hydrogen-bond acceptors (Lipinski definition) is 4. The number of aromatic amines is 1. The van der Waals surface area contributed by atoms with Gasteiger partial charge in [0.05, 0.1) is 25.7 Å². The van der Waals surface area contributed by atoms with Crippen LogP contribution in [0.4, 0.5) is 0 Å². The maximum Gasteiger partial charge on any atom is 0.337 e. The molecule has 1 heterocycles. The fourth-order valence-corrected chi connectivity index (χ4v) is 4.11. The molecule has 0 aliphatic rings. The molecule has 0 aliphatic carbocycles. The van der Waals surface area contributed by atoms with Crippen molar-refractivity contribution in [2.45, 2.75) is 33.1 Å². The summed E-state index contributed by atoms with van der Waals surface area (Å²) >= 11 is 0. The van der Waals surface area contributed by atoms with E-state index >= 15 is 0 Å². The highest BCUT2D eigenvalue weighted by molar-refractivity contribution is 5.90. The molecule has 0 spiro atoms. The van der Waals surface area contributed by atoms with Crippen LogP contribution in [0.15, 0.2) is 42.6 Å². The quantitative estimate of drug-likeness (QED) is 0.497. The van der Waals surface area contributed by atoms with Gasteiger partial charge < -0.3 is 19.6 Å². The van der Waals surface area contributed by atoms with Crippen LogP contribution in [0, 0.1) is 11.8 Å². The van der Waals surface area contributed by atoms with Crippen LogP contribution in [-0.2, 0) is 16.0 Å². The normalized spacial score (nSPS) is 13.2. The molecular formula is C25H29NO5. The summed E-state index contributed by atoms with van der Waals surface area (Å²) in [6.07, 6.45) is 2.48. The third kappa shape index (κ3) is 4.58. The van der Waals surface area contributed by atoms with E-state index < -0.39 is 17.9 Å². The summed E-state index contributed by atoms with van der Waals surface area (Å²) in [6, 6.07) is 11.4. The molecule has 0 bridgehead atoms. The summed E-state index contributed by atoms with van der Waals surface area (Å²) in [7, 11) is 2.95. The molecule has 0 aliphatic heterocycles. The number of rotatable bonds is 8. The maximum absolute atomic E-state index is 11.9. The standard InChI is InChI=1S/C25H29NO5/c1-14(2)23(18-8-7-17(25(29)31-5)12-22(18)30-4)20-13-26-21-9-6-16(11-19(20)21)10-15(3)24(27)28/h6-9,11-15,23,26H,10H2,1-5H3,(H,27,28). The molecule has 164 valence electrons. The van der Waals surface area contributed by atoms with Gasteiger partial charge in [-0.15, -0.1) is 0 Å². The topological polar surface area (TPSA) is 88.6 Å². The Balaban J connectivity index is 2.09. The zero-order valence-electron chi connectivity index (χ0n) is 18.6. The van der Waals surface area contributed by atoms with E-state index in [1.165, 1.54) is 7.11 Å². The molecule has 0 radical (unpaired) electrons. The number of esters is 1. The van der Waals surface area contributed by atoms with Crippen LogP contribution in [0.3, 0.4) is 0 Å². The molecule has 2 N–H and O–H groups in total. The van der Waals surface area contributed by atoms with Crippen LogP contribution in [0.5, 0.6) is 5.75 Å². The molecule has 0 amide bonds. The van der Waals surface area contributed by atoms with E-state index in [4.69, 9.17) is 9.47 Å². The molecule has 2 atom stereocenters. The van der Waals surface area contributed by atoms with Gasteiger partial charge in [-0.3, -0.25) is 4.79 Å². The van der Waals surface area contributed by atoms with Gasteiger partial charge in [0.25, 0.3) is 0 Å². The number of H-pyrrole nitrogens is 1. The van der Waals surface area contributed by atoms with E-state index in [1.54, 1.807) is 26.2 Å². The largest absolute Gasteiger partial charge is 0.496 e. The number of hydrogen-bond donors (Lipinski definition) is 2. The molecule has 6 nitrogen and oxygen atoms in total. The highest BCUT2D eigenvalue weighted by Gasteiger charge is 2.26. The lowest BCUT2D eigenvalue weighted by Gasteiger charge is -2.24. The SMILES string of the molecule is COC(=O)c1ccc(C(c2c[nH]c3ccc(CC(C)C(=O)O)cc23)C(C)C)c(OC)c1.